The number of anilines is 1. The number of rotatable bonds is 6. The van der Waals surface area contributed by atoms with Gasteiger partial charge in [-0.3, -0.25) is 15.1 Å². The van der Waals surface area contributed by atoms with Crippen molar-refractivity contribution < 1.29 is 19.1 Å². The molecular weight excluding hydrogens is 354 g/mol. The number of benzene rings is 1. The number of esters is 1. The van der Waals surface area contributed by atoms with E-state index in [-0.39, 0.29) is 0 Å². The van der Waals surface area contributed by atoms with E-state index in [1.54, 1.807) is 7.11 Å². The third-order valence-corrected chi connectivity index (χ3v) is 4.14. The highest BCUT2D eigenvalue weighted by atomic mass is 32.1. The second-order valence-electron chi connectivity index (χ2n) is 5.10. The molecule has 3 aromatic rings. The first kappa shape index (κ1) is 17.6. The van der Waals surface area contributed by atoms with Crippen molar-refractivity contribution in [3.05, 3.63) is 59.7 Å². The highest BCUT2D eigenvalue weighted by molar-refractivity contribution is 7.14. The summed E-state index contributed by atoms with van der Waals surface area (Å²) in [5.41, 5.74) is 1.85. The summed E-state index contributed by atoms with van der Waals surface area (Å²) in [7, 11) is 1.59. The summed E-state index contributed by atoms with van der Waals surface area (Å²) in [5, 5.41) is 4.84. The summed E-state index contributed by atoms with van der Waals surface area (Å²) in [6, 6.07) is 10.5. The smallest absolute Gasteiger partial charge is 0.338 e. The van der Waals surface area contributed by atoms with Gasteiger partial charge in [-0.25, -0.2) is 9.78 Å². The first-order chi connectivity index (χ1) is 12.7. The van der Waals surface area contributed by atoms with Crippen LogP contribution in [0.2, 0.25) is 0 Å². The van der Waals surface area contributed by atoms with Crippen molar-refractivity contribution in [3.8, 4) is 17.0 Å². The molecule has 0 radical (unpaired) electrons. The lowest BCUT2D eigenvalue weighted by Crippen LogP contribution is -2.20. The second-order valence-corrected chi connectivity index (χ2v) is 5.96. The van der Waals surface area contributed by atoms with Gasteiger partial charge in [-0.1, -0.05) is 12.1 Å². The van der Waals surface area contributed by atoms with Crippen molar-refractivity contribution in [2.24, 2.45) is 0 Å². The number of carbonyl (C=O) groups excluding carboxylic acids is 2. The van der Waals surface area contributed by atoms with Gasteiger partial charge in [0.15, 0.2) is 11.7 Å². The molecule has 1 amide bonds. The molecule has 0 saturated carbocycles. The molecule has 0 atom stereocenters. The van der Waals surface area contributed by atoms with Crippen LogP contribution in [0, 0.1) is 0 Å². The molecule has 2 aromatic heterocycles. The minimum absolute atomic E-state index is 0.334. The van der Waals surface area contributed by atoms with Gasteiger partial charge in [0.25, 0.3) is 5.91 Å². The van der Waals surface area contributed by atoms with Gasteiger partial charge < -0.3 is 9.47 Å². The van der Waals surface area contributed by atoms with Crippen LogP contribution < -0.4 is 10.1 Å². The number of hydrogen-bond acceptors (Lipinski definition) is 7. The molecule has 3 rings (SSSR count). The van der Waals surface area contributed by atoms with E-state index in [4.69, 9.17) is 9.47 Å². The molecule has 26 heavy (non-hydrogen) atoms. The van der Waals surface area contributed by atoms with Crippen molar-refractivity contribution in [1.29, 1.82) is 0 Å². The zero-order chi connectivity index (χ0) is 18.4. The number of ether oxygens (including phenoxy) is 2. The molecule has 132 valence electrons. The normalized spacial score (nSPS) is 10.2. The van der Waals surface area contributed by atoms with Gasteiger partial charge in [-0.15, -0.1) is 11.3 Å². The van der Waals surface area contributed by atoms with Gasteiger partial charge in [-0.2, -0.15) is 0 Å². The van der Waals surface area contributed by atoms with E-state index in [0.29, 0.717) is 22.1 Å². The van der Waals surface area contributed by atoms with Crippen molar-refractivity contribution >= 4 is 28.3 Å². The van der Waals surface area contributed by atoms with E-state index in [1.807, 2.05) is 29.6 Å². The van der Waals surface area contributed by atoms with Crippen molar-refractivity contribution in [3.63, 3.8) is 0 Å². The fraction of sp³-hybridized carbons (Fsp3) is 0.111. The number of thiazole rings is 1. The predicted molar refractivity (Wildman–Crippen MR) is 97.3 cm³/mol. The van der Waals surface area contributed by atoms with Gasteiger partial charge in [0.1, 0.15) is 5.75 Å². The van der Waals surface area contributed by atoms with Crippen LogP contribution in [-0.4, -0.2) is 35.6 Å². The third-order valence-electron chi connectivity index (χ3n) is 3.38. The van der Waals surface area contributed by atoms with Crippen LogP contribution in [0.3, 0.4) is 0 Å². The number of carbonyl (C=O) groups is 2. The van der Waals surface area contributed by atoms with Crippen LogP contribution in [0.15, 0.2) is 54.2 Å². The second kappa shape index (κ2) is 8.21. The summed E-state index contributed by atoms with van der Waals surface area (Å²) in [4.78, 5) is 32.0. The van der Waals surface area contributed by atoms with Gasteiger partial charge >= 0.3 is 5.97 Å². The van der Waals surface area contributed by atoms with E-state index in [9.17, 15) is 9.59 Å². The highest BCUT2D eigenvalue weighted by Crippen LogP contribution is 2.31. The average Bonchev–Trinajstić information content (AvgIpc) is 3.15. The molecule has 0 aliphatic rings. The number of para-hydroxylation sites is 1. The number of nitrogens with one attached hydrogen (secondary N) is 1. The highest BCUT2D eigenvalue weighted by Gasteiger charge is 2.13. The molecule has 0 fully saturated rings. The Hall–Kier alpha value is -3.26. The maximum absolute atomic E-state index is 12.0. The van der Waals surface area contributed by atoms with E-state index in [1.165, 1.54) is 35.9 Å². The zero-order valence-electron chi connectivity index (χ0n) is 13.8. The Morgan fingerprint density at radius 1 is 1.15 bits per heavy atom. The fourth-order valence-corrected chi connectivity index (χ4v) is 2.90. The monoisotopic (exact) mass is 369 g/mol. The van der Waals surface area contributed by atoms with Crippen LogP contribution in [0.4, 0.5) is 5.13 Å². The number of hydrogen-bond donors (Lipinski definition) is 1. The molecule has 0 spiro atoms. The Morgan fingerprint density at radius 3 is 2.69 bits per heavy atom. The Morgan fingerprint density at radius 2 is 1.92 bits per heavy atom. The molecule has 8 heteroatoms. The van der Waals surface area contributed by atoms with E-state index >= 15 is 0 Å². The van der Waals surface area contributed by atoms with Gasteiger partial charge in [0.2, 0.25) is 0 Å². The summed E-state index contributed by atoms with van der Waals surface area (Å²) < 4.78 is 10.3. The van der Waals surface area contributed by atoms with Crippen molar-refractivity contribution in [1.82, 2.24) is 9.97 Å². The van der Waals surface area contributed by atoms with Crippen LogP contribution in [0.25, 0.3) is 11.3 Å². The summed E-state index contributed by atoms with van der Waals surface area (Å²) >= 11 is 1.28. The van der Waals surface area contributed by atoms with Gasteiger partial charge in [0, 0.05) is 23.3 Å². The number of methoxy groups -OCH3 is 1. The minimum atomic E-state index is -0.587. The van der Waals surface area contributed by atoms with Crippen molar-refractivity contribution in [2.75, 3.05) is 19.0 Å². The van der Waals surface area contributed by atoms with Gasteiger partial charge in [-0.05, 0) is 24.3 Å². The molecule has 1 N–H and O–H groups in total. The lowest BCUT2D eigenvalue weighted by atomic mass is 10.1. The Bertz CT molecular complexity index is 912. The third kappa shape index (κ3) is 4.22. The summed E-state index contributed by atoms with van der Waals surface area (Å²) in [5.74, 6) is -0.355. The summed E-state index contributed by atoms with van der Waals surface area (Å²) in [6.07, 6.45) is 2.96. The largest absolute Gasteiger partial charge is 0.496 e. The van der Waals surface area contributed by atoms with E-state index in [2.05, 4.69) is 15.3 Å². The van der Waals surface area contributed by atoms with Crippen LogP contribution in [0.1, 0.15) is 10.4 Å². The van der Waals surface area contributed by atoms with Crippen molar-refractivity contribution in [2.45, 2.75) is 0 Å². The molecule has 0 unspecified atom stereocenters. The maximum Gasteiger partial charge on any atom is 0.338 e. The SMILES string of the molecule is COc1ccccc1-c1csc(NC(=O)COC(=O)c2ccncc2)n1. The lowest BCUT2D eigenvalue weighted by molar-refractivity contribution is -0.119. The first-order valence-electron chi connectivity index (χ1n) is 7.63. The quantitative estimate of drug-likeness (QED) is 0.672. The van der Waals surface area contributed by atoms with Crippen LogP contribution in [0.5, 0.6) is 5.75 Å². The number of nitrogens with zero attached hydrogens (tertiary/aromatic N) is 2. The molecule has 0 saturated heterocycles. The zero-order valence-corrected chi connectivity index (χ0v) is 14.7. The predicted octanol–water partition coefficient (Wildman–Crippen LogP) is 3.01. The average molecular weight is 369 g/mol. The van der Waals surface area contributed by atoms with E-state index in [0.717, 1.165) is 5.56 Å². The maximum atomic E-state index is 12.0. The minimum Gasteiger partial charge on any atom is -0.496 e. The Kier molecular flexibility index (Phi) is 5.55. The molecule has 1 aromatic carbocycles. The molecule has 0 aliphatic carbocycles. The molecule has 2 heterocycles. The van der Waals surface area contributed by atoms with Gasteiger partial charge in [0.05, 0.1) is 18.4 Å². The molecule has 0 bridgehead atoms. The fourth-order valence-electron chi connectivity index (χ4n) is 2.17. The van der Waals surface area contributed by atoms with Crippen LogP contribution in [-0.2, 0) is 9.53 Å². The molecular formula is C18H15N3O4S. The Labute approximate surface area is 153 Å². The number of amides is 1. The number of pyridine rings is 1. The van der Waals surface area contributed by atoms with Crippen LogP contribution >= 0.6 is 11.3 Å². The topological polar surface area (TPSA) is 90.4 Å². The molecule has 7 nitrogen and oxygen atoms in total. The number of aromatic nitrogens is 2. The molecule has 0 aliphatic heterocycles. The standard InChI is InChI=1S/C18H15N3O4S/c1-24-15-5-3-2-4-13(15)14-11-26-18(20-14)21-16(22)10-25-17(23)12-6-8-19-9-7-12/h2-9,11H,10H2,1H3,(H,20,21,22). The first-order valence-corrected chi connectivity index (χ1v) is 8.51. The Balaban J connectivity index is 1.59. The lowest BCUT2D eigenvalue weighted by Gasteiger charge is -2.05. The summed E-state index contributed by atoms with van der Waals surface area (Å²) in [6.45, 7) is -0.398. The van der Waals surface area contributed by atoms with E-state index < -0.39 is 18.5 Å².